The van der Waals surface area contributed by atoms with Crippen LogP contribution in [0.25, 0.3) is 11.1 Å². The summed E-state index contributed by atoms with van der Waals surface area (Å²) in [6.45, 7) is 0. The summed E-state index contributed by atoms with van der Waals surface area (Å²) < 4.78 is 12.9. The SMILES string of the molecule is Fc1ccc(-c2ccnc(Nc3nccs3)c2)cc1. The van der Waals surface area contributed by atoms with Gasteiger partial charge in [0, 0.05) is 17.8 Å². The first-order valence-electron chi connectivity index (χ1n) is 5.70. The maximum absolute atomic E-state index is 12.9. The van der Waals surface area contributed by atoms with Gasteiger partial charge in [0.05, 0.1) is 0 Å². The number of rotatable bonds is 3. The van der Waals surface area contributed by atoms with Gasteiger partial charge in [-0.3, -0.25) is 0 Å². The van der Waals surface area contributed by atoms with E-state index in [1.165, 1.54) is 23.5 Å². The first kappa shape index (κ1) is 11.8. The van der Waals surface area contributed by atoms with Crippen molar-refractivity contribution in [3.05, 3.63) is 60.0 Å². The zero-order valence-electron chi connectivity index (χ0n) is 9.88. The molecule has 1 N–H and O–H groups in total. The van der Waals surface area contributed by atoms with Gasteiger partial charge in [0.15, 0.2) is 5.13 Å². The maximum Gasteiger partial charge on any atom is 0.188 e. The average molecular weight is 271 g/mol. The molecule has 3 nitrogen and oxygen atoms in total. The molecule has 19 heavy (non-hydrogen) atoms. The van der Waals surface area contributed by atoms with Crippen LogP contribution >= 0.6 is 11.3 Å². The minimum absolute atomic E-state index is 0.237. The molecule has 0 spiro atoms. The second-order valence-electron chi connectivity index (χ2n) is 3.90. The summed E-state index contributed by atoms with van der Waals surface area (Å²) in [5.74, 6) is 0.482. The molecular formula is C14H10FN3S. The van der Waals surface area contributed by atoms with Gasteiger partial charge in [-0.25, -0.2) is 14.4 Å². The summed E-state index contributed by atoms with van der Waals surface area (Å²) in [6, 6.07) is 10.2. The lowest BCUT2D eigenvalue weighted by atomic mass is 10.1. The predicted octanol–water partition coefficient (Wildman–Crippen LogP) is 4.09. The Labute approximate surface area is 113 Å². The molecular weight excluding hydrogens is 261 g/mol. The Hall–Kier alpha value is -2.27. The topological polar surface area (TPSA) is 37.8 Å². The van der Waals surface area contributed by atoms with Gasteiger partial charge in [-0.15, -0.1) is 11.3 Å². The van der Waals surface area contributed by atoms with Crippen molar-refractivity contribution in [1.82, 2.24) is 9.97 Å². The van der Waals surface area contributed by atoms with Gasteiger partial charge in [0.25, 0.3) is 0 Å². The number of aromatic nitrogens is 2. The third-order valence-electron chi connectivity index (χ3n) is 2.60. The van der Waals surface area contributed by atoms with E-state index in [9.17, 15) is 4.39 Å². The Morgan fingerprint density at radius 3 is 2.53 bits per heavy atom. The third-order valence-corrected chi connectivity index (χ3v) is 3.29. The number of nitrogens with one attached hydrogen (secondary N) is 1. The molecule has 0 aliphatic carbocycles. The normalized spacial score (nSPS) is 10.4. The Balaban J connectivity index is 1.89. The highest BCUT2D eigenvalue weighted by Crippen LogP contribution is 2.23. The highest BCUT2D eigenvalue weighted by atomic mass is 32.1. The number of hydrogen-bond acceptors (Lipinski definition) is 4. The predicted molar refractivity (Wildman–Crippen MR) is 75.0 cm³/mol. The first-order valence-corrected chi connectivity index (χ1v) is 6.58. The quantitative estimate of drug-likeness (QED) is 0.779. The van der Waals surface area contributed by atoms with Crippen LogP contribution in [-0.4, -0.2) is 9.97 Å². The van der Waals surface area contributed by atoms with Crippen molar-refractivity contribution in [2.24, 2.45) is 0 Å². The molecule has 0 aliphatic heterocycles. The van der Waals surface area contributed by atoms with Crippen molar-refractivity contribution < 1.29 is 4.39 Å². The molecule has 2 aromatic heterocycles. The Bertz CT molecular complexity index is 665. The van der Waals surface area contributed by atoms with Crippen molar-refractivity contribution in [1.29, 1.82) is 0 Å². The lowest BCUT2D eigenvalue weighted by molar-refractivity contribution is 0.628. The summed E-state index contributed by atoms with van der Waals surface area (Å²) in [6.07, 6.45) is 3.45. The largest absolute Gasteiger partial charge is 0.316 e. The minimum Gasteiger partial charge on any atom is -0.316 e. The summed E-state index contributed by atoms with van der Waals surface area (Å²) in [5.41, 5.74) is 1.93. The maximum atomic E-state index is 12.9. The number of halogens is 1. The van der Waals surface area contributed by atoms with Gasteiger partial charge in [-0.2, -0.15) is 0 Å². The van der Waals surface area contributed by atoms with Gasteiger partial charge in [-0.1, -0.05) is 12.1 Å². The van der Waals surface area contributed by atoms with Crippen molar-refractivity contribution in [3.63, 3.8) is 0 Å². The van der Waals surface area contributed by atoms with E-state index in [2.05, 4.69) is 15.3 Å². The van der Waals surface area contributed by atoms with Crippen LogP contribution in [0.3, 0.4) is 0 Å². The molecule has 0 amide bonds. The number of nitrogens with zero attached hydrogens (tertiary/aromatic N) is 2. The fourth-order valence-corrected chi connectivity index (χ4v) is 2.25. The fraction of sp³-hybridized carbons (Fsp3) is 0. The van der Waals surface area contributed by atoms with Crippen LogP contribution in [-0.2, 0) is 0 Å². The number of pyridine rings is 1. The van der Waals surface area contributed by atoms with E-state index >= 15 is 0 Å². The van der Waals surface area contributed by atoms with Crippen LogP contribution < -0.4 is 5.32 Å². The highest BCUT2D eigenvalue weighted by molar-refractivity contribution is 7.13. The van der Waals surface area contributed by atoms with Crippen LogP contribution in [0.4, 0.5) is 15.3 Å². The molecule has 5 heteroatoms. The monoisotopic (exact) mass is 271 g/mol. The zero-order valence-corrected chi connectivity index (χ0v) is 10.7. The van der Waals surface area contributed by atoms with E-state index in [1.54, 1.807) is 24.5 Å². The van der Waals surface area contributed by atoms with E-state index in [1.807, 2.05) is 17.5 Å². The minimum atomic E-state index is -0.237. The Morgan fingerprint density at radius 2 is 1.79 bits per heavy atom. The number of benzene rings is 1. The highest BCUT2D eigenvalue weighted by Gasteiger charge is 2.02. The number of hydrogen-bond donors (Lipinski definition) is 1. The molecule has 0 fully saturated rings. The molecule has 0 bridgehead atoms. The first-order chi connectivity index (χ1) is 9.31. The van der Waals surface area contributed by atoms with Crippen LogP contribution in [0, 0.1) is 5.82 Å². The molecule has 3 rings (SSSR count). The molecule has 0 aliphatic rings. The smallest absolute Gasteiger partial charge is 0.188 e. The van der Waals surface area contributed by atoms with E-state index in [-0.39, 0.29) is 5.82 Å². The second kappa shape index (κ2) is 5.16. The van der Waals surface area contributed by atoms with Gasteiger partial charge in [-0.05, 0) is 35.4 Å². The summed E-state index contributed by atoms with van der Waals surface area (Å²) in [5, 5.41) is 5.82. The van der Waals surface area contributed by atoms with Crippen molar-refractivity contribution in [2.45, 2.75) is 0 Å². The van der Waals surface area contributed by atoms with E-state index in [4.69, 9.17) is 0 Å². The van der Waals surface area contributed by atoms with E-state index < -0.39 is 0 Å². The Kier molecular flexibility index (Phi) is 3.20. The van der Waals surface area contributed by atoms with Crippen molar-refractivity contribution in [3.8, 4) is 11.1 Å². The lowest BCUT2D eigenvalue weighted by Gasteiger charge is -2.05. The summed E-state index contributed by atoms with van der Waals surface area (Å²) in [7, 11) is 0. The van der Waals surface area contributed by atoms with Crippen LogP contribution in [0.15, 0.2) is 54.2 Å². The molecule has 94 valence electrons. The lowest BCUT2D eigenvalue weighted by Crippen LogP contribution is -1.92. The average Bonchev–Trinajstić information content (AvgIpc) is 2.93. The van der Waals surface area contributed by atoms with Crippen molar-refractivity contribution in [2.75, 3.05) is 5.32 Å². The molecule has 0 saturated heterocycles. The molecule has 2 heterocycles. The van der Waals surface area contributed by atoms with Crippen LogP contribution in [0.5, 0.6) is 0 Å². The Morgan fingerprint density at radius 1 is 0.947 bits per heavy atom. The molecule has 1 aromatic carbocycles. The van der Waals surface area contributed by atoms with Gasteiger partial charge in [0.2, 0.25) is 0 Å². The van der Waals surface area contributed by atoms with Gasteiger partial charge < -0.3 is 5.32 Å². The zero-order chi connectivity index (χ0) is 13.1. The molecule has 0 unspecified atom stereocenters. The van der Waals surface area contributed by atoms with Crippen molar-refractivity contribution >= 4 is 22.3 Å². The van der Waals surface area contributed by atoms with Gasteiger partial charge in [0.1, 0.15) is 11.6 Å². The molecule has 0 atom stereocenters. The standard InChI is InChI=1S/C14H10FN3S/c15-12-3-1-10(2-4-12)11-5-6-16-13(9-11)18-14-17-7-8-19-14/h1-9H,(H,16,17,18). The third kappa shape index (κ3) is 2.77. The van der Waals surface area contributed by atoms with E-state index in [0.717, 1.165) is 22.1 Å². The molecule has 0 saturated carbocycles. The molecule has 0 radical (unpaired) electrons. The summed E-state index contributed by atoms with van der Waals surface area (Å²) >= 11 is 1.51. The van der Waals surface area contributed by atoms with Gasteiger partial charge >= 0.3 is 0 Å². The second-order valence-corrected chi connectivity index (χ2v) is 4.79. The number of anilines is 2. The van der Waals surface area contributed by atoms with E-state index in [0.29, 0.717) is 0 Å². The van der Waals surface area contributed by atoms with Crippen LogP contribution in [0.2, 0.25) is 0 Å². The molecule has 3 aromatic rings. The fourth-order valence-electron chi connectivity index (χ4n) is 1.72. The summed E-state index contributed by atoms with van der Waals surface area (Å²) in [4.78, 5) is 8.38. The number of thiazole rings is 1. The van der Waals surface area contributed by atoms with Crippen LogP contribution in [0.1, 0.15) is 0 Å².